The third-order valence-electron chi connectivity index (χ3n) is 3.86. The molecule has 1 amide bonds. The molecule has 1 saturated carbocycles. The lowest BCUT2D eigenvalue weighted by atomic mass is 10.1. The number of rotatable bonds is 5. The lowest BCUT2D eigenvalue weighted by Gasteiger charge is -2.12. The molecule has 0 spiro atoms. The zero-order valence-corrected chi connectivity index (χ0v) is 14.8. The fourth-order valence-electron chi connectivity index (χ4n) is 2.63. The van der Waals surface area contributed by atoms with Crippen LogP contribution in [0.5, 0.6) is 11.5 Å². The Hall–Kier alpha value is -2.00. The Morgan fingerprint density at radius 2 is 1.96 bits per heavy atom. The Morgan fingerprint density at radius 1 is 1.30 bits per heavy atom. The Bertz CT molecular complexity index is 659. The van der Waals surface area contributed by atoms with Crippen LogP contribution < -0.4 is 14.8 Å². The van der Waals surface area contributed by atoms with Gasteiger partial charge >= 0.3 is 0 Å². The molecule has 1 aliphatic rings. The minimum atomic E-state index is -0.339. The molecule has 0 atom stereocenters. The Kier molecular flexibility index (Phi) is 6.05. The molecule has 0 aliphatic heterocycles. The molecule has 0 bridgehead atoms. The van der Waals surface area contributed by atoms with Gasteiger partial charge in [0.1, 0.15) is 23.1 Å². The summed E-state index contributed by atoms with van der Waals surface area (Å²) in [7, 11) is 3.09. The van der Waals surface area contributed by atoms with E-state index in [0.29, 0.717) is 17.1 Å². The topological polar surface area (TPSA) is 71.3 Å². The second-order valence-electron chi connectivity index (χ2n) is 5.35. The number of nitrogens with one attached hydrogen (secondary N) is 1. The summed E-state index contributed by atoms with van der Waals surface area (Å²) in [5.41, 5.74) is 0.700. The van der Waals surface area contributed by atoms with Gasteiger partial charge in [-0.2, -0.15) is 5.26 Å². The highest BCUT2D eigenvalue weighted by Gasteiger charge is 2.20. The van der Waals surface area contributed by atoms with Crippen molar-refractivity contribution in [1.82, 2.24) is 5.32 Å². The molecule has 23 heavy (non-hydrogen) atoms. The van der Waals surface area contributed by atoms with Crippen LogP contribution >= 0.6 is 15.9 Å². The van der Waals surface area contributed by atoms with Crippen LogP contribution in [-0.4, -0.2) is 26.2 Å². The van der Waals surface area contributed by atoms with E-state index in [2.05, 4.69) is 21.2 Å². The van der Waals surface area contributed by atoms with E-state index in [1.54, 1.807) is 19.2 Å². The summed E-state index contributed by atoms with van der Waals surface area (Å²) in [5.74, 6) is 0.813. The van der Waals surface area contributed by atoms with Crippen LogP contribution in [0.15, 0.2) is 22.2 Å². The quantitative estimate of drug-likeness (QED) is 0.629. The number of nitriles is 1. The van der Waals surface area contributed by atoms with Gasteiger partial charge in [-0.05, 0) is 40.9 Å². The highest BCUT2D eigenvalue weighted by atomic mass is 79.9. The van der Waals surface area contributed by atoms with Gasteiger partial charge < -0.3 is 14.8 Å². The summed E-state index contributed by atoms with van der Waals surface area (Å²) in [6.07, 6.45) is 5.72. The first kappa shape index (κ1) is 17.4. The zero-order chi connectivity index (χ0) is 16.8. The predicted octanol–water partition coefficient (Wildman–Crippen LogP) is 3.43. The molecule has 1 fully saturated rings. The molecule has 1 aliphatic carbocycles. The van der Waals surface area contributed by atoms with Crippen LogP contribution in [-0.2, 0) is 4.79 Å². The van der Waals surface area contributed by atoms with E-state index in [4.69, 9.17) is 9.47 Å². The maximum Gasteiger partial charge on any atom is 0.262 e. The normalized spacial score (nSPS) is 15.1. The van der Waals surface area contributed by atoms with Crippen molar-refractivity contribution in [3.8, 4) is 17.6 Å². The Labute approximate surface area is 144 Å². The van der Waals surface area contributed by atoms with Crippen LogP contribution in [0.2, 0.25) is 0 Å². The van der Waals surface area contributed by atoms with Crippen molar-refractivity contribution < 1.29 is 14.3 Å². The van der Waals surface area contributed by atoms with E-state index in [1.807, 2.05) is 6.07 Å². The van der Waals surface area contributed by atoms with E-state index >= 15 is 0 Å². The van der Waals surface area contributed by atoms with Crippen molar-refractivity contribution in [2.75, 3.05) is 14.2 Å². The largest absolute Gasteiger partial charge is 0.496 e. The zero-order valence-electron chi connectivity index (χ0n) is 13.2. The fraction of sp³-hybridized carbons (Fsp3) is 0.412. The molecule has 122 valence electrons. The van der Waals surface area contributed by atoms with Gasteiger partial charge in [0.25, 0.3) is 5.91 Å². The number of amides is 1. The summed E-state index contributed by atoms with van der Waals surface area (Å²) in [4.78, 5) is 12.3. The molecule has 0 radical (unpaired) electrons. The van der Waals surface area contributed by atoms with Crippen LogP contribution in [0, 0.1) is 11.3 Å². The number of carbonyl (C=O) groups is 1. The highest BCUT2D eigenvalue weighted by Crippen LogP contribution is 2.34. The van der Waals surface area contributed by atoms with Crippen molar-refractivity contribution in [3.05, 3.63) is 27.7 Å². The van der Waals surface area contributed by atoms with E-state index < -0.39 is 0 Å². The maximum atomic E-state index is 12.3. The summed E-state index contributed by atoms with van der Waals surface area (Å²) < 4.78 is 11.3. The van der Waals surface area contributed by atoms with Gasteiger partial charge in [-0.1, -0.05) is 12.8 Å². The van der Waals surface area contributed by atoms with Gasteiger partial charge in [0.05, 0.1) is 18.7 Å². The number of nitrogens with zero attached hydrogens (tertiary/aromatic N) is 1. The number of benzene rings is 1. The minimum absolute atomic E-state index is 0.0623. The molecule has 1 aromatic carbocycles. The second-order valence-corrected chi connectivity index (χ2v) is 6.21. The second kappa shape index (κ2) is 8.02. The van der Waals surface area contributed by atoms with Gasteiger partial charge in [0.2, 0.25) is 0 Å². The number of carbonyl (C=O) groups excluding carboxylic acids is 1. The summed E-state index contributed by atoms with van der Waals surface area (Å²) >= 11 is 3.40. The van der Waals surface area contributed by atoms with Gasteiger partial charge in [0, 0.05) is 17.7 Å². The van der Waals surface area contributed by atoms with Gasteiger partial charge in [-0.15, -0.1) is 0 Å². The number of hydrogen-bond acceptors (Lipinski definition) is 4. The molecule has 0 aromatic heterocycles. The van der Waals surface area contributed by atoms with Crippen molar-refractivity contribution in [3.63, 3.8) is 0 Å². The monoisotopic (exact) mass is 378 g/mol. The number of methoxy groups -OCH3 is 2. The van der Waals surface area contributed by atoms with Gasteiger partial charge in [-0.3, -0.25) is 4.79 Å². The summed E-state index contributed by atoms with van der Waals surface area (Å²) in [5, 5.41) is 12.2. The minimum Gasteiger partial charge on any atom is -0.496 e. The summed E-state index contributed by atoms with van der Waals surface area (Å²) in [6, 6.07) is 5.61. The van der Waals surface area contributed by atoms with E-state index in [9.17, 15) is 10.1 Å². The first-order chi connectivity index (χ1) is 11.1. The van der Waals surface area contributed by atoms with Crippen molar-refractivity contribution in [1.29, 1.82) is 5.26 Å². The maximum absolute atomic E-state index is 12.3. The van der Waals surface area contributed by atoms with Crippen LogP contribution in [0.25, 0.3) is 6.08 Å². The van der Waals surface area contributed by atoms with Crippen molar-refractivity contribution >= 4 is 27.9 Å². The molecule has 1 N–H and O–H groups in total. The van der Waals surface area contributed by atoms with Gasteiger partial charge in [-0.25, -0.2) is 0 Å². The van der Waals surface area contributed by atoms with Crippen LogP contribution in [0.1, 0.15) is 31.2 Å². The first-order valence-corrected chi connectivity index (χ1v) is 8.22. The number of hydrogen-bond donors (Lipinski definition) is 1. The molecule has 1 aromatic rings. The smallest absolute Gasteiger partial charge is 0.262 e. The third-order valence-corrected chi connectivity index (χ3v) is 4.48. The lowest BCUT2D eigenvalue weighted by Crippen LogP contribution is -2.33. The fourth-order valence-corrected chi connectivity index (χ4v) is 3.16. The van der Waals surface area contributed by atoms with Crippen molar-refractivity contribution in [2.45, 2.75) is 31.7 Å². The molecule has 5 nitrogen and oxygen atoms in total. The van der Waals surface area contributed by atoms with E-state index in [1.165, 1.54) is 13.2 Å². The van der Waals surface area contributed by atoms with Gasteiger partial charge in [0.15, 0.2) is 0 Å². The SMILES string of the molecule is COc1cc(OC)c(/C=C(\C#N)C(=O)NC2CCCC2)cc1Br. The Morgan fingerprint density at radius 3 is 2.52 bits per heavy atom. The van der Waals surface area contributed by atoms with Crippen LogP contribution in [0.4, 0.5) is 0 Å². The number of ether oxygens (including phenoxy) is 2. The Balaban J connectivity index is 2.28. The predicted molar refractivity (Wildman–Crippen MR) is 91.2 cm³/mol. The van der Waals surface area contributed by atoms with Crippen molar-refractivity contribution in [2.24, 2.45) is 0 Å². The number of halogens is 1. The molecule has 2 rings (SSSR count). The molecule has 0 saturated heterocycles. The summed E-state index contributed by atoms with van der Waals surface area (Å²) in [6.45, 7) is 0. The lowest BCUT2D eigenvalue weighted by molar-refractivity contribution is -0.117. The van der Waals surface area contributed by atoms with E-state index in [0.717, 1.165) is 30.2 Å². The molecule has 6 heteroatoms. The average Bonchev–Trinajstić information content (AvgIpc) is 3.05. The molecular weight excluding hydrogens is 360 g/mol. The molecule has 0 heterocycles. The molecular formula is C17H19BrN2O3. The average molecular weight is 379 g/mol. The first-order valence-electron chi connectivity index (χ1n) is 7.43. The highest BCUT2D eigenvalue weighted by molar-refractivity contribution is 9.10. The van der Waals surface area contributed by atoms with E-state index in [-0.39, 0.29) is 17.5 Å². The third kappa shape index (κ3) is 4.26. The van der Waals surface area contributed by atoms with Crippen LogP contribution in [0.3, 0.4) is 0 Å². The molecule has 0 unspecified atom stereocenters. The standard InChI is InChI=1S/C17H19BrN2O3/c1-22-15-9-16(23-2)14(18)8-11(15)7-12(10-19)17(21)20-13-5-3-4-6-13/h7-9,13H,3-6H2,1-2H3,(H,20,21)/b12-7+.